The van der Waals surface area contributed by atoms with Crippen molar-refractivity contribution in [2.45, 2.75) is 33.2 Å². The summed E-state index contributed by atoms with van der Waals surface area (Å²) in [6.07, 6.45) is 1.65. The Balaban J connectivity index is 1.33. The Labute approximate surface area is 198 Å². The highest BCUT2D eigenvalue weighted by atomic mass is 32.1. The van der Waals surface area contributed by atoms with Gasteiger partial charge in [-0.1, -0.05) is 18.2 Å². The molecule has 0 radical (unpaired) electrons. The number of piperidine rings is 1. The fourth-order valence-electron chi connectivity index (χ4n) is 4.65. The molecule has 2 fully saturated rings. The van der Waals surface area contributed by atoms with Crippen LogP contribution in [0.3, 0.4) is 0 Å². The fraction of sp³-hybridized carbons (Fsp3) is 0.480. The van der Waals surface area contributed by atoms with Gasteiger partial charge in [0.25, 0.3) is 0 Å². The number of carbonyl (C=O) groups excluding carboxylic acids is 1. The molecular weight excluding hydrogens is 434 g/mol. The minimum absolute atomic E-state index is 0.0249. The molecule has 2 aromatic heterocycles. The van der Waals surface area contributed by atoms with Gasteiger partial charge >= 0.3 is 0 Å². The van der Waals surface area contributed by atoms with Crippen LogP contribution in [0.25, 0.3) is 10.2 Å². The van der Waals surface area contributed by atoms with Crippen LogP contribution >= 0.6 is 11.3 Å². The van der Waals surface area contributed by atoms with Crippen molar-refractivity contribution in [3.63, 3.8) is 0 Å². The Hall–Kier alpha value is -2.55. The number of morpholine rings is 1. The maximum absolute atomic E-state index is 12.8. The lowest BCUT2D eigenvalue weighted by atomic mass is 9.95. The summed E-state index contributed by atoms with van der Waals surface area (Å²) < 4.78 is 5.49. The molecule has 0 atom stereocenters. The lowest BCUT2D eigenvalue weighted by molar-refractivity contribution is -0.120. The number of para-hydroxylation sites is 1. The standard InChI is InChI=1S/C25H31N5O2S/c1-17-18(2)33-25-22(17)23(27-21(28-25)16-29-12-14-32-15-13-29)30-10-8-19(9-11-30)24(31)26-20-6-4-3-5-7-20/h3-7,19H,8-16H2,1-2H3,(H,26,31). The predicted octanol–water partition coefficient (Wildman–Crippen LogP) is 4.00. The molecule has 4 heterocycles. The van der Waals surface area contributed by atoms with Gasteiger partial charge in [0.1, 0.15) is 16.5 Å². The zero-order chi connectivity index (χ0) is 22.8. The van der Waals surface area contributed by atoms with Crippen LogP contribution in [0.4, 0.5) is 11.5 Å². The van der Waals surface area contributed by atoms with E-state index in [4.69, 9.17) is 14.7 Å². The van der Waals surface area contributed by atoms with Crippen molar-refractivity contribution in [3.8, 4) is 0 Å². The topological polar surface area (TPSA) is 70.6 Å². The molecule has 0 unspecified atom stereocenters. The molecule has 1 aromatic carbocycles. The average molecular weight is 466 g/mol. The summed E-state index contributed by atoms with van der Waals surface area (Å²) in [6, 6.07) is 9.71. The summed E-state index contributed by atoms with van der Waals surface area (Å²) in [5.41, 5.74) is 2.13. The molecule has 8 heteroatoms. The second-order valence-electron chi connectivity index (χ2n) is 8.93. The molecule has 0 spiro atoms. The Morgan fingerprint density at radius 3 is 2.55 bits per heavy atom. The number of anilines is 2. The number of rotatable bonds is 5. The summed E-state index contributed by atoms with van der Waals surface area (Å²) >= 11 is 1.75. The van der Waals surface area contributed by atoms with E-state index in [0.717, 1.165) is 80.9 Å². The van der Waals surface area contributed by atoms with E-state index in [0.29, 0.717) is 0 Å². The fourth-order valence-corrected chi connectivity index (χ4v) is 5.69. The van der Waals surface area contributed by atoms with E-state index >= 15 is 0 Å². The summed E-state index contributed by atoms with van der Waals surface area (Å²) in [5, 5.41) is 4.24. The molecule has 2 saturated heterocycles. The second kappa shape index (κ2) is 9.75. The van der Waals surface area contributed by atoms with Gasteiger partial charge in [0.2, 0.25) is 5.91 Å². The number of carbonyl (C=O) groups is 1. The maximum atomic E-state index is 12.8. The van der Waals surface area contributed by atoms with Crippen LogP contribution in [0.2, 0.25) is 0 Å². The molecule has 1 amide bonds. The van der Waals surface area contributed by atoms with E-state index < -0.39 is 0 Å². The Bertz CT molecular complexity index is 1120. The third-order valence-electron chi connectivity index (χ3n) is 6.73. The minimum atomic E-state index is 0.0249. The van der Waals surface area contributed by atoms with Crippen LogP contribution in [-0.4, -0.2) is 60.2 Å². The first-order valence-electron chi connectivity index (χ1n) is 11.8. The van der Waals surface area contributed by atoms with Crippen molar-refractivity contribution in [2.24, 2.45) is 5.92 Å². The van der Waals surface area contributed by atoms with E-state index in [2.05, 4.69) is 29.0 Å². The van der Waals surface area contributed by atoms with Gasteiger partial charge in [-0.25, -0.2) is 9.97 Å². The van der Waals surface area contributed by atoms with Gasteiger partial charge in [0.05, 0.1) is 25.1 Å². The van der Waals surface area contributed by atoms with Crippen molar-refractivity contribution < 1.29 is 9.53 Å². The van der Waals surface area contributed by atoms with Crippen molar-refractivity contribution in [1.82, 2.24) is 14.9 Å². The van der Waals surface area contributed by atoms with Gasteiger partial charge in [0.15, 0.2) is 0 Å². The highest BCUT2D eigenvalue weighted by Crippen LogP contribution is 2.36. The average Bonchev–Trinajstić information content (AvgIpc) is 3.13. The minimum Gasteiger partial charge on any atom is -0.379 e. The van der Waals surface area contributed by atoms with Crippen molar-refractivity contribution in [2.75, 3.05) is 49.6 Å². The van der Waals surface area contributed by atoms with Crippen LogP contribution in [0.15, 0.2) is 30.3 Å². The SMILES string of the molecule is Cc1sc2nc(CN3CCOCC3)nc(N3CCC(C(=O)Nc4ccccc4)CC3)c2c1C. The molecule has 2 aliphatic rings. The maximum Gasteiger partial charge on any atom is 0.227 e. The Morgan fingerprint density at radius 1 is 1.09 bits per heavy atom. The molecule has 0 saturated carbocycles. The number of amides is 1. The van der Waals surface area contributed by atoms with E-state index in [1.165, 1.54) is 15.8 Å². The highest BCUT2D eigenvalue weighted by Gasteiger charge is 2.28. The number of nitrogens with zero attached hydrogens (tertiary/aromatic N) is 4. The lowest BCUT2D eigenvalue weighted by Crippen LogP contribution is -2.39. The molecule has 1 N–H and O–H groups in total. The number of nitrogens with one attached hydrogen (secondary N) is 1. The van der Waals surface area contributed by atoms with Gasteiger partial charge in [-0.2, -0.15) is 0 Å². The van der Waals surface area contributed by atoms with Crippen LogP contribution in [-0.2, 0) is 16.1 Å². The van der Waals surface area contributed by atoms with E-state index in [9.17, 15) is 4.79 Å². The molecular formula is C25H31N5O2S. The van der Waals surface area contributed by atoms with Gasteiger partial charge in [-0.3, -0.25) is 9.69 Å². The zero-order valence-corrected chi connectivity index (χ0v) is 20.2. The molecule has 174 valence electrons. The van der Waals surface area contributed by atoms with Crippen molar-refractivity contribution >= 4 is 39.0 Å². The lowest BCUT2D eigenvalue weighted by Gasteiger charge is -2.33. The Morgan fingerprint density at radius 2 is 1.82 bits per heavy atom. The van der Waals surface area contributed by atoms with Gasteiger partial charge in [0, 0.05) is 42.7 Å². The summed E-state index contributed by atoms with van der Waals surface area (Å²) in [6.45, 7) is 10.1. The van der Waals surface area contributed by atoms with Crippen LogP contribution in [0.5, 0.6) is 0 Å². The molecule has 33 heavy (non-hydrogen) atoms. The van der Waals surface area contributed by atoms with Gasteiger partial charge < -0.3 is 15.0 Å². The number of fused-ring (bicyclic) bond motifs is 1. The molecule has 0 bridgehead atoms. The Kier molecular flexibility index (Phi) is 6.57. The number of benzene rings is 1. The number of aryl methyl sites for hydroxylation is 2. The summed E-state index contributed by atoms with van der Waals surface area (Å²) in [7, 11) is 0. The number of hydrogen-bond donors (Lipinski definition) is 1. The first kappa shape index (κ1) is 22.3. The quantitative estimate of drug-likeness (QED) is 0.614. The third-order valence-corrected chi connectivity index (χ3v) is 7.83. The van der Waals surface area contributed by atoms with E-state index in [1.807, 2.05) is 30.3 Å². The van der Waals surface area contributed by atoms with Crippen molar-refractivity contribution in [3.05, 3.63) is 46.6 Å². The first-order chi connectivity index (χ1) is 16.1. The number of ether oxygens (including phenoxy) is 1. The van der Waals surface area contributed by atoms with Gasteiger partial charge in [-0.15, -0.1) is 11.3 Å². The molecule has 3 aromatic rings. The van der Waals surface area contributed by atoms with Gasteiger partial charge in [-0.05, 0) is 44.4 Å². The normalized spacial score (nSPS) is 18.1. The number of hydrogen-bond acceptors (Lipinski definition) is 7. The van der Waals surface area contributed by atoms with Crippen LogP contribution in [0, 0.1) is 19.8 Å². The zero-order valence-electron chi connectivity index (χ0n) is 19.3. The second-order valence-corrected chi connectivity index (χ2v) is 10.1. The molecule has 7 nitrogen and oxygen atoms in total. The number of aromatic nitrogens is 2. The van der Waals surface area contributed by atoms with E-state index in [-0.39, 0.29) is 11.8 Å². The van der Waals surface area contributed by atoms with Crippen molar-refractivity contribution in [1.29, 1.82) is 0 Å². The highest BCUT2D eigenvalue weighted by molar-refractivity contribution is 7.18. The molecule has 0 aliphatic carbocycles. The van der Waals surface area contributed by atoms with Crippen LogP contribution in [0.1, 0.15) is 29.1 Å². The third kappa shape index (κ3) is 4.88. The largest absolute Gasteiger partial charge is 0.379 e. The monoisotopic (exact) mass is 465 g/mol. The van der Waals surface area contributed by atoms with Crippen LogP contribution < -0.4 is 10.2 Å². The summed E-state index contributed by atoms with van der Waals surface area (Å²) in [4.78, 5) is 29.9. The predicted molar refractivity (Wildman–Crippen MR) is 133 cm³/mol. The molecule has 5 rings (SSSR count). The smallest absolute Gasteiger partial charge is 0.227 e. The summed E-state index contributed by atoms with van der Waals surface area (Å²) in [5.74, 6) is 2.05. The molecule has 2 aliphatic heterocycles. The number of thiophene rings is 1. The first-order valence-corrected chi connectivity index (χ1v) is 12.6. The van der Waals surface area contributed by atoms with E-state index in [1.54, 1.807) is 11.3 Å².